The van der Waals surface area contributed by atoms with Crippen LogP contribution in [-0.2, 0) is 33.5 Å². The van der Waals surface area contributed by atoms with Gasteiger partial charge < -0.3 is 71.2 Å². The highest BCUT2D eigenvalue weighted by atomic mass is 16.6. The van der Waals surface area contributed by atoms with Gasteiger partial charge in [-0.2, -0.15) is 0 Å². The van der Waals surface area contributed by atoms with E-state index >= 15 is 0 Å². The zero-order chi connectivity index (χ0) is 45.6. The molecule has 1 unspecified atom stereocenters. The lowest BCUT2D eigenvalue weighted by Crippen LogP contribution is -2.60. The number of nitrogens with two attached hydrogens (primary N) is 7. The smallest absolute Gasteiger partial charge is 0.337 e. The fourth-order valence-electron chi connectivity index (χ4n) is 5.33. The van der Waals surface area contributed by atoms with E-state index in [4.69, 9.17) is 44.9 Å². The van der Waals surface area contributed by atoms with E-state index < -0.39 is 77.1 Å². The summed E-state index contributed by atoms with van der Waals surface area (Å²) in [6.07, 6.45) is 3.01. The van der Waals surface area contributed by atoms with Crippen molar-refractivity contribution in [3.63, 3.8) is 0 Å². The number of nitrogens with zero attached hydrogens (tertiary/aromatic N) is 3. The number of hydrogen-bond donors (Lipinski definition) is 12. The SMILES string of the molecule is CC(C)[C@H](NC(=O)[C@@H](N)CCCN=C(N)N)C(=O)N[C@@H](CCCN=C(N)N)C(=O)N[C@@H](CCCN=C(N)N)C(=O)C(NC(=O)C=Cc1ccccc1O)C(=O)OC(C)(C)C. The largest absolute Gasteiger partial charge is 0.507 e. The Bertz CT molecular complexity index is 1730. The molecule has 0 radical (unpaired) electrons. The van der Waals surface area contributed by atoms with Gasteiger partial charge in [-0.1, -0.05) is 32.0 Å². The Balaban J connectivity index is 3.52. The average Bonchev–Trinajstić information content (AvgIpc) is 3.14. The molecule has 22 nitrogen and oxygen atoms in total. The Labute approximate surface area is 350 Å². The second kappa shape index (κ2) is 25.8. The van der Waals surface area contributed by atoms with E-state index in [0.717, 1.165) is 6.08 Å². The number of ether oxygens (including phenoxy) is 1. The molecule has 1 aromatic rings. The highest BCUT2D eigenvalue weighted by Crippen LogP contribution is 2.17. The Morgan fingerprint density at radius 1 is 0.717 bits per heavy atom. The summed E-state index contributed by atoms with van der Waals surface area (Å²) in [4.78, 5) is 93.6. The number of hydrogen-bond acceptors (Lipinski definition) is 12. The quantitative estimate of drug-likeness (QED) is 0.0120. The Morgan fingerprint density at radius 2 is 1.22 bits per heavy atom. The number of nitrogens with one attached hydrogen (secondary N) is 4. The molecule has 334 valence electrons. The number of phenols is 1. The molecule has 1 aromatic carbocycles. The number of guanidine groups is 3. The van der Waals surface area contributed by atoms with Gasteiger partial charge in [0.1, 0.15) is 23.4 Å². The van der Waals surface area contributed by atoms with Crippen LogP contribution in [0.4, 0.5) is 0 Å². The van der Waals surface area contributed by atoms with E-state index in [0.29, 0.717) is 6.42 Å². The molecule has 22 heteroatoms. The van der Waals surface area contributed by atoms with E-state index in [2.05, 4.69) is 36.2 Å². The highest BCUT2D eigenvalue weighted by Gasteiger charge is 2.38. The van der Waals surface area contributed by atoms with Crippen LogP contribution in [0.15, 0.2) is 45.3 Å². The van der Waals surface area contributed by atoms with Crippen LogP contribution in [0.1, 0.15) is 78.7 Å². The third kappa shape index (κ3) is 20.8. The fraction of sp³-hybridized carbons (Fsp3) is 0.553. The van der Waals surface area contributed by atoms with Crippen molar-refractivity contribution < 1.29 is 38.6 Å². The van der Waals surface area contributed by atoms with Crippen molar-refractivity contribution in [2.45, 2.75) is 109 Å². The van der Waals surface area contributed by atoms with Gasteiger partial charge in [0.05, 0.1) is 12.1 Å². The first-order chi connectivity index (χ1) is 28.0. The molecule has 0 saturated carbocycles. The van der Waals surface area contributed by atoms with Crippen molar-refractivity contribution in [1.29, 1.82) is 0 Å². The first kappa shape index (κ1) is 51.6. The van der Waals surface area contributed by atoms with Crippen LogP contribution in [0.25, 0.3) is 6.08 Å². The maximum Gasteiger partial charge on any atom is 0.337 e. The Kier molecular flexibility index (Phi) is 22.2. The number of rotatable bonds is 25. The van der Waals surface area contributed by atoms with Crippen LogP contribution < -0.4 is 61.4 Å². The normalized spacial score (nSPS) is 13.7. The number of aromatic hydroxyl groups is 1. The number of benzene rings is 1. The summed E-state index contributed by atoms with van der Waals surface area (Å²) in [5.41, 5.74) is 37.8. The van der Waals surface area contributed by atoms with Gasteiger partial charge in [0.15, 0.2) is 29.7 Å². The van der Waals surface area contributed by atoms with Crippen LogP contribution in [0, 0.1) is 5.92 Å². The molecule has 0 aliphatic rings. The Hall–Kier alpha value is -6.45. The molecular formula is C38H64N14O8. The molecule has 5 atom stereocenters. The van der Waals surface area contributed by atoms with Gasteiger partial charge in [-0.15, -0.1) is 0 Å². The third-order valence-electron chi connectivity index (χ3n) is 8.30. The summed E-state index contributed by atoms with van der Waals surface area (Å²) in [6, 6.07) is -0.722. The minimum Gasteiger partial charge on any atom is -0.507 e. The number of Topliss-reactive ketones (excluding diaryl/α,β-unsaturated/α-hetero) is 1. The number of carbonyl (C=O) groups is 6. The summed E-state index contributed by atoms with van der Waals surface area (Å²) in [5.74, 6) is -6.31. The van der Waals surface area contributed by atoms with Crippen LogP contribution in [0.3, 0.4) is 0 Å². The topological polar surface area (TPSA) is 399 Å². The number of ketones is 1. The molecule has 4 amide bonds. The second-order valence-electron chi connectivity index (χ2n) is 15.1. The van der Waals surface area contributed by atoms with E-state index in [1.165, 1.54) is 18.2 Å². The lowest BCUT2D eigenvalue weighted by atomic mass is 9.98. The van der Waals surface area contributed by atoms with Gasteiger partial charge >= 0.3 is 5.97 Å². The maximum atomic E-state index is 14.3. The van der Waals surface area contributed by atoms with E-state index in [9.17, 15) is 33.9 Å². The first-order valence-electron chi connectivity index (χ1n) is 19.4. The molecule has 0 fully saturated rings. The predicted octanol–water partition coefficient (Wildman–Crippen LogP) is -2.60. The second-order valence-corrected chi connectivity index (χ2v) is 15.1. The van der Waals surface area contributed by atoms with Crippen LogP contribution >= 0.6 is 0 Å². The number of esters is 1. The summed E-state index contributed by atoms with van der Waals surface area (Å²) in [7, 11) is 0. The van der Waals surface area contributed by atoms with E-state index in [1.807, 2.05) is 0 Å². The van der Waals surface area contributed by atoms with Crippen molar-refractivity contribution in [2.75, 3.05) is 19.6 Å². The fourth-order valence-corrected chi connectivity index (χ4v) is 5.33. The molecule has 1 rings (SSSR count). The van der Waals surface area contributed by atoms with Crippen molar-refractivity contribution in [3.05, 3.63) is 35.9 Å². The van der Waals surface area contributed by atoms with E-state index in [1.54, 1.807) is 46.8 Å². The number of aliphatic imine (C=N–C) groups is 3. The van der Waals surface area contributed by atoms with Crippen LogP contribution in [-0.4, -0.2) is 114 Å². The third-order valence-corrected chi connectivity index (χ3v) is 8.30. The molecule has 19 N–H and O–H groups in total. The standard InChI is InChI=1S/C38H64N14O8/c1-21(2)28(52-31(56)23(39)12-8-18-46-35(40)41)33(58)50-25(14-10-20-48-37(44)45)32(57)49-24(13-9-19-47-36(42)43)30(55)29(34(59)60-38(3,4)5)51-27(54)17-16-22-11-6-7-15-26(22)53/h6-7,11,15-17,21,23-25,28-29,53H,8-10,12-14,18-20,39H2,1-5H3,(H,49,57)(H,50,58)(H,51,54)(H,52,56)(H4,40,41,46)(H4,42,43,47)(H4,44,45,48)/t23-,24-,25-,28-,29?/m0/s1. The minimum absolute atomic E-state index is 0.0274. The molecule has 60 heavy (non-hydrogen) atoms. The van der Waals surface area contributed by atoms with Crippen molar-refractivity contribution in [2.24, 2.45) is 61.0 Å². The van der Waals surface area contributed by atoms with Gasteiger partial charge in [-0.3, -0.25) is 38.9 Å². The minimum atomic E-state index is -1.93. The van der Waals surface area contributed by atoms with Gasteiger partial charge in [-0.25, -0.2) is 4.79 Å². The summed E-state index contributed by atoms with van der Waals surface area (Å²) in [6.45, 7) is 8.38. The molecule has 0 aliphatic heterocycles. The lowest BCUT2D eigenvalue weighted by molar-refractivity contribution is -0.161. The van der Waals surface area contributed by atoms with Crippen molar-refractivity contribution >= 4 is 59.3 Å². The molecule has 0 bridgehead atoms. The van der Waals surface area contributed by atoms with E-state index in [-0.39, 0.29) is 80.9 Å². The number of phenolic OH excluding ortho intramolecular Hbond substituents is 1. The monoisotopic (exact) mass is 845 g/mol. The molecule has 0 aliphatic carbocycles. The average molecular weight is 845 g/mol. The van der Waals surface area contributed by atoms with Crippen LogP contribution in [0.5, 0.6) is 5.75 Å². The van der Waals surface area contributed by atoms with Gasteiger partial charge in [0, 0.05) is 31.3 Å². The zero-order valence-corrected chi connectivity index (χ0v) is 35.0. The number of para-hydroxylation sites is 1. The number of amides is 4. The zero-order valence-electron chi connectivity index (χ0n) is 35.0. The number of carbonyl (C=O) groups excluding carboxylic acids is 6. The Morgan fingerprint density at radius 3 is 1.72 bits per heavy atom. The molecule has 0 aromatic heterocycles. The highest BCUT2D eigenvalue weighted by molar-refractivity contribution is 6.10. The summed E-state index contributed by atoms with van der Waals surface area (Å²) < 4.78 is 5.48. The molecular weight excluding hydrogens is 781 g/mol. The molecule has 0 spiro atoms. The maximum absolute atomic E-state index is 14.3. The lowest BCUT2D eigenvalue weighted by Gasteiger charge is -2.29. The first-order valence-corrected chi connectivity index (χ1v) is 19.4. The predicted molar refractivity (Wildman–Crippen MR) is 228 cm³/mol. The summed E-state index contributed by atoms with van der Waals surface area (Å²) >= 11 is 0. The summed E-state index contributed by atoms with van der Waals surface area (Å²) in [5, 5.41) is 20.4. The van der Waals surface area contributed by atoms with Crippen molar-refractivity contribution in [3.8, 4) is 5.75 Å². The van der Waals surface area contributed by atoms with Crippen LogP contribution in [0.2, 0.25) is 0 Å². The van der Waals surface area contributed by atoms with Gasteiger partial charge in [-0.05, 0) is 77.4 Å². The van der Waals surface area contributed by atoms with Gasteiger partial charge in [0.2, 0.25) is 23.6 Å². The molecule has 0 heterocycles. The molecule has 0 saturated heterocycles. The van der Waals surface area contributed by atoms with Crippen molar-refractivity contribution in [1.82, 2.24) is 21.3 Å². The van der Waals surface area contributed by atoms with Gasteiger partial charge in [0.25, 0.3) is 0 Å².